The number of rotatable bonds is 4. The van der Waals surface area contributed by atoms with Gasteiger partial charge in [-0.15, -0.1) is 0 Å². The summed E-state index contributed by atoms with van der Waals surface area (Å²) in [7, 11) is 1.46. The molecule has 1 aliphatic heterocycles. The third-order valence-corrected chi connectivity index (χ3v) is 5.11. The average Bonchev–Trinajstić information content (AvgIpc) is 2.96. The van der Waals surface area contributed by atoms with Crippen molar-refractivity contribution in [2.45, 2.75) is 26.3 Å². The van der Waals surface area contributed by atoms with E-state index in [1.807, 2.05) is 19.9 Å². The molecular formula is C22H21NO5. The Balaban J connectivity index is 2.01. The third kappa shape index (κ3) is 2.64. The van der Waals surface area contributed by atoms with Crippen molar-refractivity contribution in [1.82, 2.24) is 4.90 Å². The topological polar surface area (TPSA) is 80.0 Å². The molecule has 3 aromatic rings. The molecule has 0 spiro atoms. The van der Waals surface area contributed by atoms with Gasteiger partial charge in [0.25, 0.3) is 5.91 Å². The lowest BCUT2D eigenvalue weighted by Gasteiger charge is -2.25. The van der Waals surface area contributed by atoms with Gasteiger partial charge < -0.3 is 19.2 Å². The normalized spacial score (nSPS) is 15.9. The monoisotopic (exact) mass is 379 g/mol. The van der Waals surface area contributed by atoms with Crippen molar-refractivity contribution in [3.8, 4) is 11.5 Å². The Morgan fingerprint density at radius 2 is 1.96 bits per heavy atom. The third-order valence-electron chi connectivity index (χ3n) is 5.11. The minimum absolute atomic E-state index is 0.000917. The molecule has 144 valence electrons. The summed E-state index contributed by atoms with van der Waals surface area (Å²) in [5.41, 5.74) is 2.17. The number of benzene rings is 2. The smallest absolute Gasteiger partial charge is 0.290 e. The van der Waals surface area contributed by atoms with Gasteiger partial charge in [-0.1, -0.05) is 24.6 Å². The van der Waals surface area contributed by atoms with E-state index in [1.165, 1.54) is 13.2 Å². The number of phenols is 1. The van der Waals surface area contributed by atoms with Gasteiger partial charge in [0.15, 0.2) is 16.9 Å². The predicted octanol–water partition coefficient (Wildman–Crippen LogP) is 3.77. The van der Waals surface area contributed by atoms with Gasteiger partial charge in [-0.2, -0.15) is 0 Å². The van der Waals surface area contributed by atoms with Crippen molar-refractivity contribution in [1.29, 1.82) is 0 Å². The number of hydrogen-bond acceptors (Lipinski definition) is 5. The maximum atomic E-state index is 13.4. The van der Waals surface area contributed by atoms with E-state index in [1.54, 1.807) is 29.2 Å². The lowest BCUT2D eigenvalue weighted by atomic mass is 9.97. The van der Waals surface area contributed by atoms with Gasteiger partial charge in [-0.25, -0.2) is 0 Å². The van der Waals surface area contributed by atoms with Crippen LogP contribution in [0.25, 0.3) is 11.0 Å². The zero-order valence-electron chi connectivity index (χ0n) is 16.0. The Kier molecular flexibility index (Phi) is 4.34. The lowest BCUT2D eigenvalue weighted by Crippen LogP contribution is -2.30. The molecule has 0 fully saturated rings. The van der Waals surface area contributed by atoms with Gasteiger partial charge in [0, 0.05) is 6.54 Å². The Bertz CT molecular complexity index is 1150. The largest absolute Gasteiger partial charge is 0.504 e. The molecule has 0 bridgehead atoms. The minimum atomic E-state index is -0.585. The maximum absolute atomic E-state index is 13.4. The van der Waals surface area contributed by atoms with E-state index in [4.69, 9.17) is 9.15 Å². The zero-order valence-corrected chi connectivity index (χ0v) is 16.0. The molecular weight excluding hydrogens is 358 g/mol. The molecule has 0 unspecified atom stereocenters. The number of aryl methyl sites for hydroxylation is 1. The highest BCUT2D eigenvalue weighted by Crippen LogP contribution is 2.40. The van der Waals surface area contributed by atoms with Crippen LogP contribution in [0.15, 0.2) is 45.6 Å². The molecule has 0 aliphatic carbocycles. The molecule has 0 saturated heterocycles. The highest BCUT2D eigenvalue weighted by atomic mass is 16.5. The molecule has 1 amide bonds. The summed E-state index contributed by atoms with van der Waals surface area (Å²) in [5, 5.41) is 10.4. The molecule has 1 aromatic heterocycles. The molecule has 1 N–H and O–H groups in total. The summed E-state index contributed by atoms with van der Waals surface area (Å²) in [4.78, 5) is 28.1. The van der Waals surface area contributed by atoms with Gasteiger partial charge in [0.1, 0.15) is 5.58 Å². The molecule has 1 aliphatic rings. The van der Waals surface area contributed by atoms with Crippen molar-refractivity contribution in [2.75, 3.05) is 13.7 Å². The van der Waals surface area contributed by atoms with Crippen LogP contribution in [0.5, 0.6) is 11.5 Å². The van der Waals surface area contributed by atoms with Crippen molar-refractivity contribution in [3.63, 3.8) is 0 Å². The number of phenolic OH excluding ortho intramolecular Hbond substituents is 1. The number of carbonyl (C=O) groups excluding carboxylic acids is 1. The Labute approximate surface area is 162 Å². The summed E-state index contributed by atoms with van der Waals surface area (Å²) in [6.07, 6.45) is 0.734. The molecule has 4 rings (SSSR count). The SMILES string of the molecule is CCCN1C(=O)c2oc3ccc(C)cc3c(=O)c2[C@H]1c1ccc(O)c(OC)c1. The van der Waals surface area contributed by atoms with Crippen molar-refractivity contribution < 1.29 is 19.1 Å². The number of carbonyl (C=O) groups is 1. The Hall–Kier alpha value is -3.28. The van der Waals surface area contributed by atoms with Crippen LogP contribution in [-0.2, 0) is 0 Å². The molecule has 1 atom stereocenters. The molecule has 28 heavy (non-hydrogen) atoms. The molecule has 0 saturated carbocycles. The molecule has 0 radical (unpaired) electrons. The van der Waals surface area contributed by atoms with Gasteiger partial charge in [-0.3, -0.25) is 9.59 Å². The van der Waals surface area contributed by atoms with E-state index in [0.717, 1.165) is 12.0 Å². The van der Waals surface area contributed by atoms with E-state index < -0.39 is 6.04 Å². The van der Waals surface area contributed by atoms with Crippen LogP contribution in [0.2, 0.25) is 0 Å². The zero-order chi connectivity index (χ0) is 20.0. The fourth-order valence-electron chi connectivity index (χ4n) is 3.82. The second kappa shape index (κ2) is 6.71. The van der Waals surface area contributed by atoms with Crippen molar-refractivity contribution in [2.24, 2.45) is 0 Å². The van der Waals surface area contributed by atoms with Crippen LogP contribution in [0.3, 0.4) is 0 Å². The van der Waals surface area contributed by atoms with Crippen LogP contribution in [0.4, 0.5) is 0 Å². The highest BCUT2D eigenvalue weighted by molar-refractivity contribution is 5.99. The summed E-state index contributed by atoms with van der Waals surface area (Å²) < 4.78 is 11.1. The number of ether oxygens (including phenoxy) is 1. The second-order valence-electron chi connectivity index (χ2n) is 7.01. The summed E-state index contributed by atoms with van der Waals surface area (Å²) in [6, 6.07) is 9.64. The van der Waals surface area contributed by atoms with Crippen LogP contribution in [0, 0.1) is 6.92 Å². The second-order valence-corrected chi connectivity index (χ2v) is 7.01. The first-order valence-electron chi connectivity index (χ1n) is 9.21. The molecule has 2 heterocycles. The Morgan fingerprint density at radius 1 is 1.18 bits per heavy atom. The van der Waals surface area contributed by atoms with Crippen LogP contribution < -0.4 is 10.2 Å². The van der Waals surface area contributed by atoms with Crippen molar-refractivity contribution >= 4 is 16.9 Å². The first kappa shape index (κ1) is 18.1. The van der Waals surface area contributed by atoms with Crippen LogP contribution in [0.1, 0.15) is 46.6 Å². The number of nitrogens with zero attached hydrogens (tertiary/aromatic N) is 1. The molecule has 2 aromatic carbocycles. The van der Waals surface area contributed by atoms with E-state index in [0.29, 0.717) is 28.6 Å². The summed E-state index contributed by atoms with van der Waals surface area (Å²) >= 11 is 0. The predicted molar refractivity (Wildman–Crippen MR) is 105 cm³/mol. The van der Waals surface area contributed by atoms with Crippen LogP contribution in [-0.4, -0.2) is 29.6 Å². The highest BCUT2D eigenvalue weighted by Gasteiger charge is 2.42. The summed E-state index contributed by atoms with van der Waals surface area (Å²) in [6.45, 7) is 4.36. The van der Waals surface area contributed by atoms with Crippen LogP contribution >= 0.6 is 0 Å². The van der Waals surface area contributed by atoms with E-state index in [2.05, 4.69) is 0 Å². The summed E-state index contributed by atoms with van der Waals surface area (Å²) in [5.74, 6) is 0.0789. The van der Waals surface area contributed by atoms with Gasteiger partial charge >= 0.3 is 0 Å². The first-order chi connectivity index (χ1) is 13.5. The minimum Gasteiger partial charge on any atom is -0.504 e. The van der Waals surface area contributed by atoms with Crippen molar-refractivity contribution in [3.05, 3.63) is 69.1 Å². The number of amides is 1. The van der Waals surface area contributed by atoms with E-state index in [9.17, 15) is 14.7 Å². The Morgan fingerprint density at radius 3 is 2.68 bits per heavy atom. The number of hydrogen-bond donors (Lipinski definition) is 1. The standard InChI is InChI=1S/C22H21NO5/c1-4-9-23-19(13-6-7-15(24)17(11-13)27-3)18-20(25)14-10-12(2)5-8-16(14)28-21(18)22(23)26/h5-8,10-11,19,24H,4,9H2,1-3H3/t19-/m1/s1. The van der Waals surface area contributed by atoms with Gasteiger partial charge in [0.2, 0.25) is 5.76 Å². The number of aromatic hydroxyl groups is 1. The van der Waals surface area contributed by atoms with Gasteiger partial charge in [0.05, 0.1) is 24.1 Å². The maximum Gasteiger partial charge on any atom is 0.290 e. The average molecular weight is 379 g/mol. The van der Waals surface area contributed by atoms with E-state index >= 15 is 0 Å². The molecule has 6 nitrogen and oxygen atoms in total. The fraction of sp³-hybridized carbons (Fsp3) is 0.273. The first-order valence-corrected chi connectivity index (χ1v) is 9.21. The van der Waals surface area contributed by atoms with Gasteiger partial charge in [-0.05, 0) is 43.2 Å². The fourth-order valence-corrected chi connectivity index (χ4v) is 3.82. The number of fused-ring (bicyclic) bond motifs is 2. The quantitative estimate of drug-likeness (QED) is 0.746. The van der Waals surface area contributed by atoms with E-state index in [-0.39, 0.29) is 28.6 Å². The lowest BCUT2D eigenvalue weighted by molar-refractivity contribution is 0.0728. The molecule has 6 heteroatoms. The number of methoxy groups -OCH3 is 1.